The van der Waals surface area contributed by atoms with Crippen LogP contribution >= 0.6 is 0 Å². The van der Waals surface area contributed by atoms with Crippen LogP contribution in [0, 0.1) is 0 Å². The van der Waals surface area contributed by atoms with Gasteiger partial charge in [0.15, 0.2) is 5.69 Å². The van der Waals surface area contributed by atoms with E-state index in [9.17, 15) is 9.59 Å². The first-order valence-electron chi connectivity index (χ1n) is 5.43. The number of nitrogens with zero attached hydrogens (tertiary/aromatic N) is 2. The van der Waals surface area contributed by atoms with Crippen LogP contribution < -0.4 is 16.4 Å². The Balaban J connectivity index is 1.89. The SMILES string of the molecule is Cn1cc(N)c(C(=O)NCC2CCC(=O)N2)n1. The monoisotopic (exact) mass is 237 g/mol. The molecule has 0 aliphatic carbocycles. The zero-order chi connectivity index (χ0) is 12.4. The number of aryl methyl sites for hydroxylation is 1. The summed E-state index contributed by atoms with van der Waals surface area (Å²) >= 11 is 0. The van der Waals surface area contributed by atoms with E-state index < -0.39 is 0 Å². The first kappa shape index (κ1) is 11.4. The van der Waals surface area contributed by atoms with E-state index in [1.165, 1.54) is 4.68 Å². The lowest BCUT2D eigenvalue weighted by atomic mass is 10.2. The lowest BCUT2D eigenvalue weighted by Crippen LogP contribution is -2.38. The molecule has 1 atom stereocenters. The van der Waals surface area contributed by atoms with Crippen molar-refractivity contribution in [2.75, 3.05) is 12.3 Å². The molecule has 2 rings (SSSR count). The lowest BCUT2D eigenvalue weighted by molar-refractivity contribution is -0.119. The third kappa shape index (κ3) is 2.55. The van der Waals surface area contributed by atoms with Gasteiger partial charge in [0, 0.05) is 32.3 Å². The minimum absolute atomic E-state index is 0.0105. The molecule has 0 bridgehead atoms. The van der Waals surface area contributed by atoms with Crippen LogP contribution in [0.25, 0.3) is 0 Å². The predicted molar refractivity (Wildman–Crippen MR) is 61.1 cm³/mol. The Morgan fingerprint density at radius 1 is 1.76 bits per heavy atom. The van der Waals surface area contributed by atoms with E-state index in [1.54, 1.807) is 13.2 Å². The van der Waals surface area contributed by atoms with Gasteiger partial charge in [-0.05, 0) is 6.42 Å². The number of carbonyl (C=O) groups excluding carboxylic acids is 2. The van der Waals surface area contributed by atoms with Gasteiger partial charge in [-0.2, -0.15) is 5.10 Å². The maximum atomic E-state index is 11.7. The predicted octanol–water partition coefficient (Wildman–Crippen LogP) is -0.989. The molecule has 92 valence electrons. The van der Waals surface area contributed by atoms with Crippen molar-refractivity contribution in [1.29, 1.82) is 0 Å². The third-order valence-electron chi connectivity index (χ3n) is 2.67. The van der Waals surface area contributed by atoms with Gasteiger partial charge in [-0.1, -0.05) is 0 Å². The fraction of sp³-hybridized carbons (Fsp3) is 0.500. The molecule has 2 heterocycles. The molecule has 17 heavy (non-hydrogen) atoms. The molecular weight excluding hydrogens is 222 g/mol. The Labute approximate surface area is 98.4 Å². The van der Waals surface area contributed by atoms with Gasteiger partial charge < -0.3 is 16.4 Å². The van der Waals surface area contributed by atoms with Crippen molar-refractivity contribution in [3.8, 4) is 0 Å². The molecule has 4 N–H and O–H groups in total. The minimum atomic E-state index is -0.316. The molecule has 7 heteroatoms. The van der Waals surface area contributed by atoms with Crippen LogP contribution in [0.5, 0.6) is 0 Å². The first-order valence-corrected chi connectivity index (χ1v) is 5.43. The van der Waals surface area contributed by atoms with Crippen LogP contribution in [-0.2, 0) is 11.8 Å². The number of nitrogens with two attached hydrogens (primary N) is 1. The summed E-state index contributed by atoms with van der Waals surface area (Å²) in [6.07, 6.45) is 2.84. The number of nitrogens with one attached hydrogen (secondary N) is 2. The summed E-state index contributed by atoms with van der Waals surface area (Å²) in [5.41, 5.74) is 6.20. The maximum Gasteiger partial charge on any atom is 0.274 e. The third-order valence-corrected chi connectivity index (χ3v) is 2.67. The molecule has 1 aromatic heterocycles. The molecule has 7 nitrogen and oxygen atoms in total. The Hall–Kier alpha value is -2.05. The van der Waals surface area contributed by atoms with Crippen LogP contribution in [0.4, 0.5) is 5.69 Å². The van der Waals surface area contributed by atoms with Crippen LogP contribution in [0.2, 0.25) is 0 Å². The van der Waals surface area contributed by atoms with Gasteiger partial charge in [0.1, 0.15) is 0 Å². The molecule has 1 aliphatic rings. The number of nitrogen functional groups attached to an aromatic ring is 1. The van der Waals surface area contributed by atoms with Gasteiger partial charge in [-0.3, -0.25) is 14.3 Å². The van der Waals surface area contributed by atoms with Crippen molar-refractivity contribution in [3.05, 3.63) is 11.9 Å². The van der Waals surface area contributed by atoms with Gasteiger partial charge in [-0.25, -0.2) is 0 Å². The highest BCUT2D eigenvalue weighted by molar-refractivity contribution is 5.97. The Bertz CT molecular complexity index is 454. The number of carbonyl (C=O) groups is 2. The summed E-state index contributed by atoms with van der Waals surface area (Å²) in [5.74, 6) is -0.286. The summed E-state index contributed by atoms with van der Waals surface area (Å²) < 4.78 is 1.49. The molecule has 1 saturated heterocycles. The topological polar surface area (TPSA) is 102 Å². The number of hydrogen-bond acceptors (Lipinski definition) is 4. The molecule has 0 aromatic carbocycles. The van der Waals surface area contributed by atoms with Gasteiger partial charge in [0.2, 0.25) is 5.91 Å². The van der Waals surface area contributed by atoms with E-state index in [0.29, 0.717) is 18.7 Å². The number of amides is 2. The second kappa shape index (κ2) is 4.44. The van der Waals surface area contributed by atoms with Gasteiger partial charge in [0.05, 0.1) is 5.69 Å². The van der Waals surface area contributed by atoms with Crippen LogP contribution in [0.1, 0.15) is 23.3 Å². The second-order valence-corrected chi connectivity index (χ2v) is 4.12. The highest BCUT2D eigenvalue weighted by Gasteiger charge is 2.22. The Kier molecular flexibility index (Phi) is 2.99. The van der Waals surface area contributed by atoms with E-state index in [4.69, 9.17) is 5.73 Å². The average molecular weight is 237 g/mol. The molecular formula is C10H15N5O2. The first-order chi connectivity index (χ1) is 8.06. The van der Waals surface area contributed by atoms with E-state index in [2.05, 4.69) is 15.7 Å². The molecule has 0 saturated carbocycles. The van der Waals surface area contributed by atoms with Crippen molar-refractivity contribution < 1.29 is 9.59 Å². The minimum Gasteiger partial charge on any atom is -0.396 e. The molecule has 0 spiro atoms. The molecule has 2 amide bonds. The Morgan fingerprint density at radius 3 is 3.06 bits per heavy atom. The summed E-state index contributed by atoms with van der Waals surface area (Å²) in [7, 11) is 1.70. The van der Waals surface area contributed by atoms with Gasteiger partial charge in [-0.15, -0.1) is 0 Å². The van der Waals surface area contributed by atoms with E-state index in [0.717, 1.165) is 6.42 Å². The van der Waals surface area contributed by atoms with Gasteiger partial charge >= 0.3 is 0 Å². The summed E-state index contributed by atoms with van der Waals surface area (Å²) in [6, 6.07) is 0.0105. The van der Waals surface area contributed by atoms with Gasteiger partial charge in [0.25, 0.3) is 5.91 Å². The van der Waals surface area contributed by atoms with Crippen molar-refractivity contribution >= 4 is 17.5 Å². The molecule has 1 fully saturated rings. The average Bonchev–Trinajstić information content (AvgIpc) is 2.81. The zero-order valence-electron chi connectivity index (χ0n) is 9.56. The van der Waals surface area contributed by atoms with Crippen LogP contribution in [-0.4, -0.2) is 34.2 Å². The highest BCUT2D eigenvalue weighted by atomic mass is 16.2. The van der Waals surface area contributed by atoms with Crippen LogP contribution in [0.3, 0.4) is 0 Å². The number of anilines is 1. The van der Waals surface area contributed by atoms with Crippen molar-refractivity contribution in [3.63, 3.8) is 0 Å². The van der Waals surface area contributed by atoms with Crippen molar-refractivity contribution in [2.24, 2.45) is 7.05 Å². The van der Waals surface area contributed by atoms with Crippen LogP contribution in [0.15, 0.2) is 6.20 Å². The summed E-state index contributed by atoms with van der Waals surface area (Å²) in [5, 5.41) is 9.44. The van der Waals surface area contributed by atoms with Crippen molar-refractivity contribution in [2.45, 2.75) is 18.9 Å². The lowest BCUT2D eigenvalue weighted by Gasteiger charge is -2.10. The number of rotatable bonds is 3. The molecule has 1 aliphatic heterocycles. The maximum absolute atomic E-state index is 11.7. The summed E-state index contributed by atoms with van der Waals surface area (Å²) in [6.45, 7) is 0.403. The largest absolute Gasteiger partial charge is 0.396 e. The number of aromatic nitrogens is 2. The van der Waals surface area contributed by atoms with E-state index in [-0.39, 0.29) is 23.6 Å². The Morgan fingerprint density at radius 2 is 2.53 bits per heavy atom. The fourth-order valence-electron chi connectivity index (χ4n) is 1.81. The smallest absolute Gasteiger partial charge is 0.274 e. The summed E-state index contributed by atoms with van der Waals surface area (Å²) in [4.78, 5) is 22.7. The van der Waals surface area contributed by atoms with E-state index in [1.807, 2.05) is 0 Å². The zero-order valence-corrected chi connectivity index (χ0v) is 9.56. The molecule has 0 radical (unpaired) electrons. The second-order valence-electron chi connectivity index (χ2n) is 4.12. The number of hydrogen-bond donors (Lipinski definition) is 3. The standard InChI is InChI=1S/C10H15N5O2/c1-15-5-7(11)9(14-15)10(17)12-4-6-2-3-8(16)13-6/h5-6H,2-4,11H2,1H3,(H,12,17)(H,13,16). The molecule has 1 unspecified atom stereocenters. The molecule has 1 aromatic rings. The quantitative estimate of drug-likeness (QED) is 0.628. The van der Waals surface area contributed by atoms with Crippen molar-refractivity contribution in [1.82, 2.24) is 20.4 Å². The normalized spacial score (nSPS) is 19.1. The fourth-order valence-corrected chi connectivity index (χ4v) is 1.81. The van der Waals surface area contributed by atoms with E-state index >= 15 is 0 Å². The highest BCUT2D eigenvalue weighted by Crippen LogP contribution is 2.09.